The maximum absolute atomic E-state index is 9.00. The summed E-state index contributed by atoms with van der Waals surface area (Å²) in [6.07, 6.45) is 0. The van der Waals surface area contributed by atoms with Crippen molar-refractivity contribution in [1.29, 1.82) is 0 Å². The third-order valence-corrected chi connectivity index (χ3v) is 0. The van der Waals surface area contributed by atoms with E-state index in [4.69, 9.17) is 19.8 Å². The second kappa shape index (κ2) is 16.0. The van der Waals surface area contributed by atoms with Gasteiger partial charge < -0.3 is 10.2 Å². The Labute approximate surface area is 79.9 Å². The molecule has 0 spiro atoms. The fourth-order valence-corrected chi connectivity index (χ4v) is 0. The molecular formula is C4H8Cu2O4. The van der Waals surface area contributed by atoms with Crippen LogP contribution in [0.5, 0.6) is 0 Å². The second-order valence-corrected chi connectivity index (χ2v) is 1.04. The summed E-state index contributed by atoms with van der Waals surface area (Å²) in [5.41, 5.74) is 0. The van der Waals surface area contributed by atoms with Gasteiger partial charge in [0.25, 0.3) is 11.9 Å². The van der Waals surface area contributed by atoms with Crippen molar-refractivity contribution in [2.75, 3.05) is 0 Å². The van der Waals surface area contributed by atoms with Crippen molar-refractivity contribution in [3.05, 3.63) is 0 Å². The SMILES string of the molecule is CC(=O)O.CC(=O)O.[Cu].[Cu]. The van der Waals surface area contributed by atoms with Gasteiger partial charge >= 0.3 is 0 Å². The number of hydrogen-bond donors (Lipinski definition) is 2. The minimum absolute atomic E-state index is 0. The van der Waals surface area contributed by atoms with Crippen molar-refractivity contribution in [3.8, 4) is 0 Å². The molecule has 6 heteroatoms. The van der Waals surface area contributed by atoms with Gasteiger partial charge in [-0.25, -0.2) is 0 Å². The fraction of sp³-hybridized carbons (Fsp3) is 0.500. The third kappa shape index (κ3) is 878000. The van der Waals surface area contributed by atoms with E-state index in [2.05, 4.69) is 0 Å². The zero-order valence-corrected chi connectivity index (χ0v) is 7.20. The Morgan fingerprint density at radius 2 is 0.900 bits per heavy atom. The van der Waals surface area contributed by atoms with Gasteiger partial charge in [-0.3, -0.25) is 9.59 Å². The maximum Gasteiger partial charge on any atom is 0.300 e. The van der Waals surface area contributed by atoms with Crippen LogP contribution in [0.2, 0.25) is 0 Å². The van der Waals surface area contributed by atoms with Crippen molar-refractivity contribution >= 4 is 11.9 Å². The van der Waals surface area contributed by atoms with E-state index in [0.717, 1.165) is 13.8 Å². The molecule has 0 heterocycles. The van der Waals surface area contributed by atoms with Gasteiger partial charge in [0.1, 0.15) is 0 Å². The molecule has 70 valence electrons. The second-order valence-electron chi connectivity index (χ2n) is 1.04. The number of rotatable bonds is 0. The van der Waals surface area contributed by atoms with Crippen molar-refractivity contribution in [3.63, 3.8) is 0 Å². The number of carbonyl (C=O) groups is 2. The van der Waals surface area contributed by atoms with E-state index in [1.54, 1.807) is 0 Å². The molecule has 2 radical (unpaired) electrons. The van der Waals surface area contributed by atoms with Gasteiger partial charge in [0, 0.05) is 48.0 Å². The molecule has 0 unspecified atom stereocenters. The van der Waals surface area contributed by atoms with E-state index in [-0.39, 0.29) is 34.1 Å². The molecule has 0 saturated carbocycles. The van der Waals surface area contributed by atoms with Crippen molar-refractivity contribution in [1.82, 2.24) is 0 Å². The minimum Gasteiger partial charge on any atom is -0.481 e. The van der Waals surface area contributed by atoms with Crippen LogP contribution in [0.4, 0.5) is 0 Å². The maximum atomic E-state index is 9.00. The molecular weight excluding hydrogens is 239 g/mol. The Hall–Kier alpha value is -0.0210. The summed E-state index contributed by atoms with van der Waals surface area (Å²) in [6.45, 7) is 2.17. The first-order valence-corrected chi connectivity index (χ1v) is 1.86. The zero-order valence-electron chi connectivity index (χ0n) is 5.31. The van der Waals surface area contributed by atoms with Gasteiger partial charge in [0.15, 0.2) is 0 Å². The van der Waals surface area contributed by atoms with E-state index < -0.39 is 11.9 Å². The van der Waals surface area contributed by atoms with Crippen LogP contribution in [0.3, 0.4) is 0 Å². The third-order valence-electron chi connectivity index (χ3n) is 0. The largest absolute Gasteiger partial charge is 0.481 e. The van der Waals surface area contributed by atoms with Crippen molar-refractivity contribution < 1.29 is 53.9 Å². The van der Waals surface area contributed by atoms with Crippen LogP contribution >= 0.6 is 0 Å². The molecule has 0 atom stereocenters. The molecule has 0 fully saturated rings. The predicted molar refractivity (Wildman–Crippen MR) is 26.6 cm³/mol. The fourth-order valence-electron chi connectivity index (χ4n) is 0. The number of carboxylic acid groups (broad SMARTS) is 2. The standard InChI is InChI=1S/2C2H4O2.2Cu/c2*1-2(3)4;;/h2*1H3,(H,3,4);;. The van der Waals surface area contributed by atoms with Crippen LogP contribution in [0.15, 0.2) is 0 Å². The average Bonchev–Trinajstić information content (AvgIpc) is 1.25. The van der Waals surface area contributed by atoms with E-state index in [0.29, 0.717) is 0 Å². The van der Waals surface area contributed by atoms with Gasteiger partial charge in [0.05, 0.1) is 0 Å². The minimum atomic E-state index is -0.833. The van der Waals surface area contributed by atoms with Gasteiger partial charge in [0.2, 0.25) is 0 Å². The van der Waals surface area contributed by atoms with Crippen molar-refractivity contribution in [2.45, 2.75) is 13.8 Å². The summed E-state index contributed by atoms with van der Waals surface area (Å²) in [5, 5.41) is 14.8. The van der Waals surface area contributed by atoms with E-state index in [1.165, 1.54) is 0 Å². The van der Waals surface area contributed by atoms with Crippen molar-refractivity contribution in [2.24, 2.45) is 0 Å². The first kappa shape index (κ1) is 22.5. The molecule has 0 aliphatic heterocycles. The monoisotopic (exact) mass is 246 g/mol. The van der Waals surface area contributed by atoms with E-state index in [9.17, 15) is 0 Å². The van der Waals surface area contributed by atoms with Crippen LogP contribution in [0, 0.1) is 0 Å². The summed E-state index contributed by atoms with van der Waals surface area (Å²) in [4.78, 5) is 18.0. The molecule has 4 nitrogen and oxygen atoms in total. The van der Waals surface area contributed by atoms with Gasteiger partial charge in [-0.2, -0.15) is 0 Å². The van der Waals surface area contributed by atoms with Gasteiger partial charge in [-0.05, 0) is 0 Å². The molecule has 0 aliphatic rings. The molecule has 0 rings (SSSR count). The Balaban J connectivity index is -0.0000000300. The van der Waals surface area contributed by atoms with Crippen LogP contribution in [-0.2, 0) is 43.7 Å². The smallest absolute Gasteiger partial charge is 0.300 e. The van der Waals surface area contributed by atoms with Gasteiger partial charge in [-0.1, -0.05) is 0 Å². The van der Waals surface area contributed by atoms with Crippen LogP contribution < -0.4 is 0 Å². The molecule has 0 aromatic heterocycles. The summed E-state index contributed by atoms with van der Waals surface area (Å²) in [5.74, 6) is -1.67. The summed E-state index contributed by atoms with van der Waals surface area (Å²) in [7, 11) is 0. The van der Waals surface area contributed by atoms with Gasteiger partial charge in [-0.15, -0.1) is 0 Å². The molecule has 0 aromatic carbocycles. The van der Waals surface area contributed by atoms with Crippen LogP contribution in [0.25, 0.3) is 0 Å². The topological polar surface area (TPSA) is 74.6 Å². The zero-order chi connectivity index (χ0) is 7.15. The first-order chi connectivity index (χ1) is 3.46. The molecule has 10 heavy (non-hydrogen) atoms. The molecule has 0 bridgehead atoms. The summed E-state index contributed by atoms with van der Waals surface area (Å²) < 4.78 is 0. The average molecular weight is 247 g/mol. The Kier molecular flexibility index (Phi) is 36.0. The Bertz CT molecular complexity index is 73.3. The molecule has 0 aromatic rings. The van der Waals surface area contributed by atoms with E-state index >= 15 is 0 Å². The molecule has 0 saturated heterocycles. The van der Waals surface area contributed by atoms with Crippen LogP contribution in [0.1, 0.15) is 13.8 Å². The normalized spacial score (nSPS) is 5.00. The number of carboxylic acids is 2. The summed E-state index contributed by atoms with van der Waals surface area (Å²) >= 11 is 0. The first-order valence-electron chi connectivity index (χ1n) is 1.86. The quantitative estimate of drug-likeness (QED) is 0.599. The molecule has 0 aliphatic carbocycles. The van der Waals surface area contributed by atoms with Crippen LogP contribution in [-0.4, -0.2) is 22.2 Å². The predicted octanol–water partition coefficient (Wildman–Crippen LogP) is 0.177. The molecule has 0 amide bonds. The summed E-state index contributed by atoms with van der Waals surface area (Å²) in [6, 6.07) is 0. The van der Waals surface area contributed by atoms with E-state index in [1.807, 2.05) is 0 Å². The Morgan fingerprint density at radius 1 is 0.900 bits per heavy atom. The number of aliphatic carboxylic acids is 2. The number of hydrogen-bond acceptors (Lipinski definition) is 2. The molecule has 2 N–H and O–H groups in total. The Morgan fingerprint density at radius 3 is 0.900 bits per heavy atom.